The summed E-state index contributed by atoms with van der Waals surface area (Å²) < 4.78 is 11.2. The Morgan fingerprint density at radius 2 is 1.86 bits per heavy atom. The Morgan fingerprint density at radius 1 is 1.14 bits per heavy atom. The lowest BCUT2D eigenvalue weighted by atomic mass is 10.1. The summed E-state index contributed by atoms with van der Waals surface area (Å²) in [6.45, 7) is 8.57. The fourth-order valence-electron chi connectivity index (χ4n) is 2.09. The number of hydrogen-bond acceptors (Lipinski definition) is 4. The Balaban J connectivity index is 1.99. The predicted octanol–water partition coefficient (Wildman–Crippen LogP) is 2.47. The fourth-order valence-corrected chi connectivity index (χ4v) is 2.09. The first-order valence-corrected chi connectivity index (χ1v) is 7.76. The zero-order valence-corrected chi connectivity index (χ0v) is 13.4. The SMILES string of the molecule is CC(C)CC(C)OCC(O)CNCCOc1ccccc1. The smallest absolute Gasteiger partial charge is 0.119 e. The van der Waals surface area contributed by atoms with Gasteiger partial charge in [0.2, 0.25) is 0 Å². The molecule has 120 valence electrons. The molecule has 4 nitrogen and oxygen atoms in total. The molecular weight excluding hydrogens is 266 g/mol. The second-order valence-corrected chi connectivity index (χ2v) is 5.79. The highest BCUT2D eigenvalue weighted by molar-refractivity contribution is 5.20. The zero-order chi connectivity index (χ0) is 15.5. The highest BCUT2D eigenvalue weighted by Gasteiger charge is 2.09. The van der Waals surface area contributed by atoms with E-state index in [1.54, 1.807) is 0 Å². The topological polar surface area (TPSA) is 50.7 Å². The van der Waals surface area contributed by atoms with Crippen LogP contribution < -0.4 is 10.1 Å². The second kappa shape index (κ2) is 10.6. The van der Waals surface area contributed by atoms with E-state index in [0.717, 1.165) is 12.2 Å². The van der Waals surface area contributed by atoms with Crippen molar-refractivity contribution in [3.05, 3.63) is 30.3 Å². The fraction of sp³-hybridized carbons (Fsp3) is 0.647. The van der Waals surface area contributed by atoms with Crippen molar-refractivity contribution < 1.29 is 14.6 Å². The van der Waals surface area contributed by atoms with Gasteiger partial charge in [0, 0.05) is 13.1 Å². The summed E-state index contributed by atoms with van der Waals surface area (Å²) in [6.07, 6.45) is 0.739. The number of aliphatic hydroxyl groups excluding tert-OH is 1. The number of para-hydroxylation sites is 1. The van der Waals surface area contributed by atoms with Crippen molar-refractivity contribution in [3.63, 3.8) is 0 Å². The molecule has 0 radical (unpaired) electrons. The third-order valence-electron chi connectivity index (χ3n) is 3.05. The molecule has 0 aromatic heterocycles. The van der Waals surface area contributed by atoms with Gasteiger partial charge in [0.15, 0.2) is 0 Å². The third-order valence-corrected chi connectivity index (χ3v) is 3.05. The van der Waals surface area contributed by atoms with E-state index in [1.807, 2.05) is 37.3 Å². The molecule has 2 atom stereocenters. The average molecular weight is 295 g/mol. The molecular formula is C17H29NO3. The Morgan fingerprint density at radius 3 is 2.52 bits per heavy atom. The van der Waals surface area contributed by atoms with Gasteiger partial charge in [-0.05, 0) is 31.4 Å². The van der Waals surface area contributed by atoms with Crippen LogP contribution in [0.2, 0.25) is 0 Å². The van der Waals surface area contributed by atoms with Crippen LogP contribution in [0.15, 0.2) is 30.3 Å². The predicted molar refractivity (Wildman–Crippen MR) is 85.7 cm³/mol. The molecule has 1 rings (SSSR count). The number of rotatable bonds is 11. The molecule has 0 amide bonds. The molecule has 1 aromatic carbocycles. The molecule has 0 bridgehead atoms. The van der Waals surface area contributed by atoms with Gasteiger partial charge in [0.25, 0.3) is 0 Å². The molecule has 0 aliphatic rings. The van der Waals surface area contributed by atoms with Crippen molar-refractivity contribution in [2.24, 2.45) is 5.92 Å². The van der Waals surface area contributed by atoms with Gasteiger partial charge in [-0.2, -0.15) is 0 Å². The summed E-state index contributed by atoms with van der Waals surface area (Å²) in [4.78, 5) is 0. The molecule has 0 saturated carbocycles. The van der Waals surface area contributed by atoms with E-state index in [0.29, 0.717) is 32.2 Å². The van der Waals surface area contributed by atoms with Crippen LogP contribution in [-0.2, 0) is 4.74 Å². The third kappa shape index (κ3) is 9.45. The molecule has 0 aliphatic carbocycles. The summed E-state index contributed by atoms with van der Waals surface area (Å²) >= 11 is 0. The highest BCUT2D eigenvalue weighted by atomic mass is 16.5. The summed E-state index contributed by atoms with van der Waals surface area (Å²) in [5.74, 6) is 1.48. The Hall–Kier alpha value is -1.10. The maximum absolute atomic E-state index is 9.82. The maximum Gasteiger partial charge on any atom is 0.119 e. The number of benzene rings is 1. The molecule has 0 saturated heterocycles. The van der Waals surface area contributed by atoms with E-state index in [4.69, 9.17) is 9.47 Å². The van der Waals surface area contributed by atoms with E-state index in [1.165, 1.54) is 0 Å². The van der Waals surface area contributed by atoms with Gasteiger partial charge in [-0.1, -0.05) is 32.0 Å². The summed E-state index contributed by atoms with van der Waals surface area (Å²) in [6, 6.07) is 9.71. The van der Waals surface area contributed by atoms with Gasteiger partial charge in [0.1, 0.15) is 12.4 Å². The highest BCUT2D eigenvalue weighted by Crippen LogP contribution is 2.08. The van der Waals surface area contributed by atoms with Crippen LogP contribution >= 0.6 is 0 Å². The Labute approximate surface area is 128 Å². The lowest BCUT2D eigenvalue weighted by molar-refractivity contribution is -0.00860. The van der Waals surface area contributed by atoms with Gasteiger partial charge >= 0.3 is 0 Å². The Bertz CT molecular complexity index is 356. The van der Waals surface area contributed by atoms with Crippen LogP contribution in [0.5, 0.6) is 5.75 Å². The monoisotopic (exact) mass is 295 g/mol. The summed E-state index contributed by atoms with van der Waals surface area (Å²) in [5.41, 5.74) is 0. The molecule has 2 N–H and O–H groups in total. The van der Waals surface area contributed by atoms with Crippen molar-refractivity contribution in [1.29, 1.82) is 0 Å². The number of hydrogen-bond donors (Lipinski definition) is 2. The minimum atomic E-state index is -0.476. The van der Waals surface area contributed by atoms with E-state index in [-0.39, 0.29) is 6.10 Å². The molecule has 0 heterocycles. The minimum Gasteiger partial charge on any atom is -0.492 e. The molecule has 0 aliphatic heterocycles. The average Bonchev–Trinajstić information content (AvgIpc) is 2.45. The number of aliphatic hydroxyl groups is 1. The van der Waals surface area contributed by atoms with Crippen LogP contribution in [-0.4, -0.2) is 43.6 Å². The largest absolute Gasteiger partial charge is 0.492 e. The molecule has 2 unspecified atom stereocenters. The van der Waals surface area contributed by atoms with E-state index < -0.39 is 6.10 Å². The van der Waals surface area contributed by atoms with Crippen LogP contribution in [0.3, 0.4) is 0 Å². The molecule has 0 spiro atoms. The van der Waals surface area contributed by atoms with Gasteiger partial charge in [-0.25, -0.2) is 0 Å². The summed E-state index contributed by atoms with van der Waals surface area (Å²) in [5, 5.41) is 13.0. The zero-order valence-electron chi connectivity index (χ0n) is 13.4. The molecule has 21 heavy (non-hydrogen) atoms. The molecule has 0 fully saturated rings. The van der Waals surface area contributed by atoms with Crippen molar-refractivity contribution in [2.45, 2.75) is 39.4 Å². The second-order valence-electron chi connectivity index (χ2n) is 5.79. The molecule has 1 aromatic rings. The first-order chi connectivity index (χ1) is 10.1. The molecule has 4 heteroatoms. The first-order valence-electron chi connectivity index (χ1n) is 7.76. The van der Waals surface area contributed by atoms with E-state index in [9.17, 15) is 5.11 Å². The van der Waals surface area contributed by atoms with Gasteiger partial charge in [0.05, 0.1) is 18.8 Å². The summed E-state index contributed by atoms with van der Waals surface area (Å²) in [7, 11) is 0. The van der Waals surface area contributed by atoms with Crippen molar-refractivity contribution in [2.75, 3.05) is 26.3 Å². The standard InChI is InChI=1S/C17H29NO3/c1-14(2)11-15(3)21-13-16(19)12-18-9-10-20-17-7-5-4-6-8-17/h4-8,14-16,18-19H,9-13H2,1-3H3. The Kier molecular flexibility index (Phi) is 9.06. The van der Waals surface area contributed by atoms with Crippen molar-refractivity contribution >= 4 is 0 Å². The lowest BCUT2D eigenvalue weighted by Gasteiger charge is -2.18. The van der Waals surface area contributed by atoms with E-state index >= 15 is 0 Å². The quantitative estimate of drug-likeness (QED) is 0.616. The van der Waals surface area contributed by atoms with Gasteiger partial charge < -0.3 is 19.9 Å². The number of nitrogens with one attached hydrogen (secondary N) is 1. The van der Waals surface area contributed by atoms with Crippen molar-refractivity contribution in [3.8, 4) is 5.75 Å². The van der Waals surface area contributed by atoms with Crippen LogP contribution in [0.4, 0.5) is 0 Å². The maximum atomic E-state index is 9.82. The lowest BCUT2D eigenvalue weighted by Crippen LogP contribution is -2.33. The van der Waals surface area contributed by atoms with Crippen molar-refractivity contribution in [1.82, 2.24) is 5.32 Å². The van der Waals surface area contributed by atoms with Crippen LogP contribution in [0.1, 0.15) is 27.2 Å². The normalized spacial score (nSPS) is 14.1. The van der Waals surface area contributed by atoms with Crippen LogP contribution in [0.25, 0.3) is 0 Å². The van der Waals surface area contributed by atoms with Gasteiger partial charge in [-0.3, -0.25) is 0 Å². The van der Waals surface area contributed by atoms with Crippen LogP contribution in [0, 0.1) is 5.92 Å². The first kappa shape index (κ1) is 18.0. The van der Waals surface area contributed by atoms with Gasteiger partial charge in [-0.15, -0.1) is 0 Å². The number of ether oxygens (including phenoxy) is 2. The van der Waals surface area contributed by atoms with E-state index in [2.05, 4.69) is 19.2 Å². The minimum absolute atomic E-state index is 0.195.